The first kappa shape index (κ1) is 32.9. The average Bonchev–Trinajstić information content (AvgIpc) is 2.80. The van der Waals surface area contributed by atoms with Crippen LogP contribution < -0.4 is 0 Å². The molecule has 2 N–H and O–H groups in total. The molecular weight excluding hydrogens is 459 g/mol. The SMILES string of the molecule is CCCCCCCCCCSC(CCCCCCC)C(C)OCCCOC(O)([PH2]=O)C(=O)O. The summed E-state index contributed by atoms with van der Waals surface area (Å²) < 4.78 is 21.9. The molecule has 0 saturated carbocycles. The Hall–Kier alpha value is -0.0700. The Kier molecular flexibility index (Phi) is 22.4. The van der Waals surface area contributed by atoms with Crippen LogP contribution in [0, 0.1) is 0 Å². The van der Waals surface area contributed by atoms with Crippen LogP contribution in [-0.4, -0.2) is 52.0 Å². The van der Waals surface area contributed by atoms with Crippen LogP contribution >= 0.6 is 20.2 Å². The minimum absolute atomic E-state index is 0.00214. The first-order chi connectivity index (χ1) is 15.9. The molecule has 4 atom stereocenters. The van der Waals surface area contributed by atoms with E-state index in [1.54, 1.807) is 0 Å². The third kappa shape index (κ3) is 17.9. The van der Waals surface area contributed by atoms with Gasteiger partial charge >= 0.3 is 11.5 Å². The zero-order valence-corrected chi connectivity index (χ0v) is 23.4. The third-order valence-electron chi connectivity index (χ3n) is 5.90. The van der Waals surface area contributed by atoms with Gasteiger partial charge in [-0.05, 0) is 31.9 Å². The molecule has 0 rings (SSSR count). The lowest BCUT2D eigenvalue weighted by molar-refractivity contribution is -0.190. The third-order valence-corrected chi connectivity index (χ3v) is 8.21. The Bertz CT molecular complexity index is 482. The largest absolute Gasteiger partial charge is 0.477 e. The van der Waals surface area contributed by atoms with Crippen LogP contribution in [0.1, 0.15) is 117 Å². The maximum absolute atomic E-state index is 10.9. The van der Waals surface area contributed by atoms with Gasteiger partial charge < -0.3 is 24.3 Å². The van der Waals surface area contributed by atoms with Gasteiger partial charge in [0.15, 0.2) is 0 Å². The fourth-order valence-electron chi connectivity index (χ4n) is 3.68. The molecule has 0 spiro atoms. The predicted octanol–water partition coefficient (Wildman–Crippen LogP) is 6.89. The molecule has 0 radical (unpaired) electrons. The minimum Gasteiger partial charge on any atom is -0.477 e. The second kappa shape index (κ2) is 22.4. The van der Waals surface area contributed by atoms with E-state index in [9.17, 15) is 14.5 Å². The summed E-state index contributed by atoms with van der Waals surface area (Å²) in [6, 6.07) is 0. The van der Waals surface area contributed by atoms with Crippen molar-refractivity contribution in [2.75, 3.05) is 19.0 Å². The topological polar surface area (TPSA) is 93.1 Å². The number of carboxylic acid groups (broad SMARTS) is 1. The van der Waals surface area contributed by atoms with E-state index in [1.165, 1.54) is 89.2 Å². The van der Waals surface area contributed by atoms with Crippen LogP contribution in [0.4, 0.5) is 0 Å². The summed E-state index contributed by atoms with van der Waals surface area (Å²) in [6.45, 7) is 7.03. The molecule has 0 fully saturated rings. The average molecular weight is 511 g/mol. The van der Waals surface area contributed by atoms with Crippen molar-refractivity contribution in [2.45, 2.75) is 134 Å². The summed E-state index contributed by atoms with van der Waals surface area (Å²) in [5.41, 5.74) is -2.56. The van der Waals surface area contributed by atoms with E-state index in [4.69, 9.17) is 14.6 Å². The van der Waals surface area contributed by atoms with Crippen molar-refractivity contribution in [1.82, 2.24) is 0 Å². The van der Waals surface area contributed by atoms with Gasteiger partial charge in [-0.15, -0.1) is 0 Å². The van der Waals surface area contributed by atoms with Gasteiger partial charge in [-0.3, -0.25) is 0 Å². The van der Waals surface area contributed by atoms with E-state index in [0.29, 0.717) is 18.3 Å². The number of aliphatic carboxylic acids is 1. The van der Waals surface area contributed by atoms with Gasteiger partial charge in [0.05, 0.1) is 12.7 Å². The Morgan fingerprint density at radius 2 is 1.42 bits per heavy atom. The van der Waals surface area contributed by atoms with E-state index in [-0.39, 0.29) is 12.7 Å². The fraction of sp³-hybridized carbons (Fsp3) is 0.960. The Morgan fingerprint density at radius 1 is 0.879 bits per heavy atom. The van der Waals surface area contributed by atoms with Crippen molar-refractivity contribution in [3.63, 3.8) is 0 Å². The maximum atomic E-state index is 10.9. The lowest BCUT2D eigenvalue weighted by Crippen LogP contribution is -2.36. The molecule has 0 aromatic heterocycles. The molecule has 198 valence electrons. The van der Waals surface area contributed by atoms with Gasteiger partial charge in [0.2, 0.25) is 0 Å². The number of carboxylic acids is 1. The van der Waals surface area contributed by atoms with Crippen LogP contribution in [0.5, 0.6) is 0 Å². The molecule has 6 nitrogen and oxygen atoms in total. The van der Waals surface area contributed by atoms with Crippen LogP contribution in [0.3, 0.4) is 0 Å². The minimum atomic E-state index is -2.56. The van der Waals surface area contributed by atoms with Crippen molar-refractivity contribution in [2.24, 2.45) is 0 Å². The summed E-state index contributed by atoms with van der Waals surface area (Å²) >= 11 is 2.03. The lowest BCUT2D eigenvalue weighted by Gasteiger charge is -2.24. The van der Waals surface area contributed by atoms with E-state index in [2.05, 4.69) is 20.8 Å². The second-order valence-corrected chi connectivity index (χ2v) is 11.3. The number of unbranched alkanes of at least 4 members (excludes halogenated alkanes) is 11. The molecular formula is C25H51O6PS. The first-order valence-electron chi connectivity index (χ1n) is 13.2. The smallest absolute Gasteiger partial charge is 0.371 e. The number of hydrogen-bond acceptors (Lipinski definition) is 6. The van der Waals surface area contributed by atoms with Crippen LogP contribution in [0.25, 0.3) is 0 Å². The van der Waals surface area contributed by atoms with Crippen molar-refractivity contribution < 1.29 is 29.0 Å². The van der Waals surface area contributed by atoms with Gasteiger partial charge in [-0.25, -0.2) is 4.79 Å². The Labute approximate surface area is 208 Å². The van der Waals surface area contributed by atoms with Gasteiger partial charge in [0, 0.05) is 11.9 Å². The number of ether oxygens (including phenoxy) is 2. The summed E-state index contributed by atoms with van der Waals surface area (Å²) in [7, 11) is -1.98. The van der Waals surface area contributed by atoms with Crippen LogP contribution in [0.15, 0.2) is 0 Å². The van der Waals surface area contributed by atoms with Gasteiger partial charge in [-0.2, -0.15) is 11.8 Å². The quantitative estimate of drug-likeness (QED) is 0.0785. The highest BCUT2D eigenvalue weighted by atomic mass is 32.2. The van der Waals surface area contributed by atoms with E-state index < -0.39 is 20.0 Å². The number of thioether (sulfide) groups is 1. The zero-order valence-electron chi connectivity index (χ0n) is 21.4. The van der Waals surface area contributed by atoms with E-state index >= 15 is 0 Å². The molecule has 0 aliphatic rings. The predicted molar refractivity (Wildman–Crippen MR) is 141 cm³/mol. The number of aliphatic hydroxyl groups is 1. The molecule has 0 saturated heterocycles. The standard InChI is InChI=1S/C25H51O6PS/c1-4-6-8-10-11-12-14-16-21-33-23(18-15-13-9-7-5-2)22(3)30-19-17-20-31-25(28,32-29)24(26)27/h22-23,28H,4-21,32H2,1-3H3,(H,26,27). The fourth-order valence-corrected chi connectivity index (χ4v) is 5.33. The maximum Gasteiger partial charge on any atom is 0.371 e. The van der Waals surface area contributed by atoms with Gasteiger partial charge in [-0.1, -0.05) is 90.9 Å². The normalized spacial score (nSPS) is 15.6. The number of carbonyl (C=O) groups is 1. The Balaban J connectivity index is 4.23. The highest BCUT2D eigenvalue weighted by Crippen LogP contribution is 2.26. The van der Waals surface area contributed by atoms with E-state index in [0.717, 1.165) is 6.42 Å². The van der Waals surface area contributed by atoms with Gasteiger partial charge in [0.25, 0.3) is 0 Å². The number of hydrogen-bond donors (Lipinski definition) is 2. The molecule has 0 amide bonds. The van der Waals surface area contributed by atoms with Crippen molar-refractivity contribution in [3.8, 4) is 0 Å². The van der Waals surface area contributed by atoms with E-state index in [1.807, 2.05) is 11.8 Å². The van der Waals surface area contributed by atoms with Crippen molar-refractivity contribution >= 4 is 26.2 Å². The highest BCUT2D eigenvalue weighted by molar-refractivity contribution is 7.99. The van der Waals surface area contributed by atoms with Crippen molar-refractivity contribution in [1.29, 1.82) is 0 Å². The molecule has 0 aromatic carbocycles. The molecule has 0 heterocycles. The highest BCUT2D eigenvalue weighted by Gasteiger charge is 2.36. The number of rotatable bonds is 25. The summed E-state index contributed by atoms with van der Waals surface area (Å²) in [5, 5.41) is 19.0. The molecule has 0 aromatic rings. The molecule has 4 unspecified atom stereocenters. The summed E-state index contributed by atoms with van der Waals surface area (Å²) in [5.74, 6) is -0.439. The second-order valence-electron chi connectivity index (χ2n) is 8.98. The first-order valence-corrected chi connectivity index (χ1v) is 15.3. The van der Waals surface area contributed by atoms with Gasteiger partial charge in [0.1, 0.15) is 8.46 Å². The molecule has 0 aliphatic carbocycles. The molecule has 8 heteroatoms. The lowest BCUT2D eigenvalue weighted by atomic mass is 10.1. The Morgan fingerprint density at radius 3 is 1.97 bits per heavy atom. The van der Waals surface area contributed by atoms with Crippen LogP contribution in [-0.2, 0) is 18.8 Å². The summed E-state index contributed by atoms with van der Waals surface area (Å²) in [6.07, 6.45) is 18.7. The molecule has 0 bridgehead atoms. The zero-order chi connectivity index (χ0) is 24.8. The van der Waals surface area contributed by atoms with Crippen LogP contribution in [0.2, 0.25) is 0 Å². The monoisotopic (exact) mass is 510 g/mol. The summed E-state index contributed by atoms with van der Waals surface area (Å²) in [4.78, 5) is 10.9. The van der Waals surface area contributed by atoms with Crippen molar-refractivity contribution in [3.05, 3.63) is 0 Å². The molecule has 0 aliphatic heterocycles. The molecule has 33 heavy (non-hydrogen) atoms.